The number of benzene rings is 1. The molecule has 0 bridgehead atoms. The van der Waals surface area contributed by atoms with Gasteiger partial charge in [-0.15, -0.1) is 23.5 Å². The Balaban J connectivity index is 2.14. The number of thioether (sulfide) groups is 2. The van der Waals surface area contributed by atoms with Crippen molar-refractivity contribution in [3.63, 3.8) is 0 Å². The predicted octanol–water partition coefficient (Wildman–Crippen LogP) is 4.31. The molecule has 1 heterocycles. The molecule has 0 saturated heterocycles. The summed E-state index contributed by atoms with van der Waals surface area (Å²) < 4.78 is 0.108. The fourth-order valence-corrected chi connectivity index (χ4v) is 3.66. The summed E-state index contributed by atoms with van der Waals surface area (Å²) in [5.74, 6) is 1.63. The van der Waals surface area contributed by atoms with Gasteiger partial charge in [-0.1, -0.05) is 32.4 Å². The third kappa shape index (κ3) is 4.07. The Morgan fingerprint density at radius 2 is 2.21 bits per heavy atom. The number of anilines is 1. The summed E-state index contributed by atoms with van der Waals surface area (Å²) in [4.78, 5) is 15.4. The Hall–Kier alpha value is -0.320. The number of hydrogen-bond donors (Lipinski definition) is 0. The van der Waals surface area contributed by atoms with E-state index < -0.39 is 0 Å². The summed E-state index contributed by atoms with van der Waals surface area (Å²) >= 11 is 9.51. The molecular weight excluding hydrogens is 298 g/mol. The molecule has 19 heavy (non-hydrogen) atoms. The van der Waals surface area contributed by atoms with E-state index in [0.717, 1.165) is 22.9 Å². The summed E-state index contributed by atoms with van der Waals surface area (Å²) in [5.41, 5.74) is 0.961. The van der Waals surface area contributed by atoms with Gasteiger partial charge in [0.15, 0.2) is 0 Å². The van der Waals surface area contributed by atoms with Crippen LogP contribution in [-0.4, -0.2) is 28.7 Å². The SMILES string of the molecule is CC(C)(C)SCC(=O)N1CCSc2ccc(Cl)cc21. The molecule has 1 aliphatic rings. The molecule has 2 rings (SSSR count). The van der Waals surface area contributed by atoms with Crippen LogP contribution in [0.3, 0.4) is 0 Å². The van der Waals surface area contributed by atoms with E-state index in [9.17, 15) is 4.79 Å². The first-order valence-electron chi connectivity index (χ1n) is 6.23. The molecule has 1 amide bonds. The second-order valence-electron chi connectivity index (χ2n) is 5.41. The number of hydrogen-bond acceptors (Lipinski definition) is 3. The minimum Gasteiger partial charge on any atom is -0.310 e. The summed E-state index contributed by atoms with van der Waals surface area (Å²) in [6, 6.07) is 5.77. The molecule has 5 heteroatoms. The molecule has 0 fully saturated rings. The molecule has 1 aromatic carbocycles. The maximum Gasteiger partial charge on any atom is 0.237 e. The van der Waals surface area contributed by atoms with Crippen LogP contribution in [-0.2, 0) is 4.79 Å². The summed E-state index contributed by atoms with van der Waals surface area (Å²) in [6.07, 6.45) is 0. The fourth-order valence-electron chi connectivity index (χ4n) is 1.81. The third-order valence-electron chi connectivity index (χ3n) is 2.71. The molecule has 0 atom stereocenters. The van der Waals surface area contributed by atoms with Crippen LogP contribution in [0.15, 0.2) is 23.1 Å². The molecule has 2 nitrogen and oxygen atoms in total. The number of carbonyl (C=O) groups excluding carboxylic acids is 1. The van der Waals surface area contributed by atoms with E-state index in [1.165, 1.54) is 0 Å². The minimum absolute atomic E-state index is 0.108. The monoisotopic (exact) mass is 315 g/mol. The lowest BCUT2D eigenvalue weighted by Gasteiger charge is -2.30. The van der Waals surface area contributed by atoms with Crippen molar-refractivity contribution < 1.29 is 4.79 Å². The lowest BCUT2D eigenvalue weighted by Crippen LogP contribution is -2.37. The minimum atomic E-state index is 0.108. The van der Waals surface area contributed by atoms with Crippen molar-refractivity contribution >= 4 is 46.7 Å². The topological polar surface area (TPSA) is 20.3 Å². The predicted molar refractivity (Wildman–Crippen MR) is 86.7 cm³/mol. The first kappa shape index (κ1) is 15.1. The van der Waals surface area contributed by atoms with E-state index in [4.69, 9.17) is 11.6 Å². The molecule has 0 aliphatic carbocycles. The normalized spacial score (nSPS) is 15.3. The molecule has 0 N–H and O–H groups in total. The van der Waals surface area contributed by atoms with Crippen molar-refractivity contribution in [3.05, 3.63) is 23.2 Å². The van der Waals surface area contributed by atoms with E-state index in [2.05, 4.69) is 20.8 Å². The molecule has 1 aliphatic heterocycles. The summed E-state index contributed by atoms with van der Waals surface area (Å²) in [7, 11) is 0. The van der Waals surface area contributed by atoms with Gasteiger partial charge in [0.2, 0.25) is 5.91 Å². The largest absolute Gasteiger partial charge is 0.310 e. The maximum atomic E-state index is 12.4. The average molecular weight is 316 g/mol. The zero-order valence-electron chi connectivity index (χ0n) is 11.4. The number of fused-ring (bicyclic) bond motifs is 1. The Bertz CT molecular complexity index is 485. The molecule has 0 radical (unpaired) electrons. The van der Waals surface area contributed by atoms with E-state index in [1.54, 1.807) is 23.5 Å². The van der Waals surface area contributed by atoms with E-state index in [0.29, 0.717) is 10.8 Å². The smallest absolute Gasteiger partial charge is 0.237 e. The Morgan fingerprint density at radius 1 is 1.47 bits per heavy atom. The van der Waals surface area contributed by atoms with E-state index in [-0.39, 0.29) is 10.7 Å². The zero-order valence-corrected chi connectivity index (χ0v) is 13.8. The molecule has 0 saturated carbocycles. The van der Waals surface area contributed by atoms with Crippen LogP contribution < -0.4 is 4.90 Å². The third-order valence-corrected chi connectivity index (χ3v) is 5.25. The van der Waals surface area contributed by atoms with Crippen molar-refractivity contribution in [1.82, 2.24) is 0 Å². The van der Waals surface area contributed by atoms with Gasteiger partial charge in [0.25, 0.3) is 0 Å². The van der Waals surface area contributed by atoms with Gasteiger partial charge in [-0.05, 0) is 18.2 Å². The van der Waals surface area contributed by atoms with Crippen LogP contribution in [0.2, 0.25) is 5.02 Å². The van der Waals surface area contributed by atoms with Gasteiger partial charge in [-0.3, -0.25) is 4.79 Å². The Labute approximate surface area is 128 Å². The van der Waals surface area contributed by atoms with E-state index >= 15 is 0 Å². The average Bonchev–Trinajstić information content (AvgIpc) is 2.34. The Morgan fingerprint density at radius 3 is 2.89 bits per heavy atom. The van der Waals surface area contributed by atoms with Crippen LogP contribution >= 0.6 is 35.1 Å². The number of amides is 1. The first-order valence-corrected chi connectivity index (χ1v) is 8.58. The van der Waals surface area contributed by atoms with Gasteiger partial charge < -0.3 is 4.90 Å². The van der Waals surface area contributed by atoms with Crippen LogP contribution in [0.25, 0.3) is 0 Å². The summed E-state index contributed by atoms with van der Waals surface area (Å²) in [6.45, 7) is 7.15. The van der Waals surface area contributed by atoms with Crippen molar-refractivity contribution in [1.29, 1.82) is 0 Å². The second-order valence-corrected chi connectivity index (χ2v) is 8.78. The zero-order chi connectivity index (χ0) is 14.0. The van der Waals surface area contributed by atoms with Gasteiger partial charge in [0.1, 0.15) is 0 Å². The quantitative estimate of drug-likeness (QED) is 0.811. The summed E-state index contributed by atoms with van der Waals surface area (Å²) in [5, 5.41) is 0.683. The lowest BCUT2D eigenvalue weighted by atomic mass is 10.2. The lowest BCUT2D eigenvalue weighted by molar-refractivity contribution is -0.116. The van der Waals surface area contributed by atoms with Crippen molar-refractivity contribution in [2.45, 2.75) is 30.4 Å². The highest BCUT2D eigenvalue weighted by molar-refractivity contribution is 8.01. The highest BCUT2D eigenvalue weighted by Gasteiger charge is 2.24. The van der Waals surface area contributed by atoms with E-state index in [1.807, 2.05) is 23.1 Å². The van der Waals surface area contributed by atoms with Gasteiger partial charge in [0, 0.05) is 27.0 Å². The maximum absolute atomic E-state index is 12.4. The van der Waals surface area contributed by atoms with Crippen molar-refractivity contribution in [2.75, 3.05) is 23.0 Å². The fraction of sp³-hybridized carbons (Fsp3) is 0.500. The number of carbonyl (C=O) groups is 1. The first-order chi connectivity index (χ1) is 8.87. The van der Waals surface area contributed by atoms with Crippen molar-refractivity contribution in [2.24, 2.45) is 0 Å². The van der Waals surface area contributed by atoms with Gasteiger partial charge in [-0.25, -0.2) is 0 Å². The van der Waals surface area contributed by atoms with Gasteiger partial charge in [-0.2, -0.15) is 0 Å². The number of nitrogens with zero attached hydrogens (tertiary/aromatic N) is 1. The molecule has 1 aromatic rings. The molecular formula is C14H18ClNOS2. The molecule has 0 aromatic heterocycles. The second kappa shape index (κ2) is 5.98. The van der Waals surface area contributed by atoms with Gasteiger partial charge in [0.05, 0.1) is 11.4 Å². The van der Waals surface area contributed by atoms with Gasteiger partial charge >= 0.3 is 0 Å². The van der Waals surface area contributed by atoms with Crippen LogP contribution in [0.4, 0.5) is 5.69 Å². The molecule has 0 unspecified atom stereocenters. The highest BCUT2D eigenvalue weighted by atomic mass is 35.5. The van der Waals surface area contributed by atoms with Crippen LogP contribution in [0, 0.1) is 0 Å². The number of rotatable bonds is 2. The standard InChI is InChI=1S/C14H18ClNOS2/c1-14(2,3)19-9-13(17)16-6-7-18-12-5-4-10(15)8-11(12)16/h4-5,8H,6-7,9H2,1-3H3. The van der Waals surface area contributed by atoms with Crippen LogP contribution in [0.5, 0.6) is 0 Å². The molecule has 0 spiro atoms. The highest BCUT2D eigenvalue weighted by Crippen LogP contribution is 2.37. The van der Waals surface area contributed by atoms with Crippen molar-refractivity contribution in [3.8, 4) is 0 Å². The number of halogens is 1. The van der Waals surface area contributed by atoms with Crippen LogP contribution in [0.1, 0.15) is 20.8 Å². The Kier molecular flexibility index (Phi) is 4.75. The molecule has 104 valence electrons.